The van der Waals surface area contributed by atoms with Crippen molar-refractivity contribution in [3.63, 3.8) is 0 Å². The van der Waals surface area contributed by atoms with E-state index >= 15 is 0 Å². The quantitative estimate of drug-likeness (QED) is 0.0251. The molecule has 312 valence electrons. The normalized spacial score (nSPS) is 15.2. The van der Waals surface area contributed by atoms with E-state index in [4.69, 9.17) is 9.05 Å². The number of carbonyl (C=O) groups is 1. The lowest BCUT2D eigenvalue weighted by Crippen LogP contribution is -2.45. The second-order valence-electron chi connectivity index (χ2n) is 15.3. The molecule has 9 heteroatoms. The summed E-state index contributed by atoms with van der Waals surface area (Å²) in [6.07, 6.45) is 48.3. The van der Waals surface area contributed by atoms with Gasteiger partial charge in [-0.05, 0) is 77.0 Å². The van der Waals surface area contributed by atoms with E-state index in [0.29, 0.717) is 17.4 Å². The molecule has 8 nitrogen and oxygen atoms in total. The molecule has 3 unspecified atom stereocenters. The molecule has 0 aliphatic carbocycles. The van der Waals surface area contributed by atoms with Crippen molar-refractivity contribution in [2.45, 2.75) is 167 Å². The number of nitrogens with zero attached hydrogens (tertiary/aromatic N) is 1. The Bertz CT molecular complexity index is 1110. The molecule has 0 aromatic heterocycles. The molecule has 0 aliphatic rings. The third-order valence-electron chi connectivity index (χ3n) is 8.89. The Morgan fingerprint density at radius 1 is 0.648 bits per heavy atom. The molecule has 54 heavy (non-hydrogen) atoms. The van der Waals surface area contributed by atoms with Crippen LogP contribution in [0.3, 0.4) is 0 Å². The Morgan fingerprint density at radius 2 is 1.13 bits per heavy atom. The van der Waals surface area contributed by atoms with Gasteiger partial charge < -0.3 is 19.8 Å². The van der Waals surface area contributed by atoms with Crippen LogP contribution in [0.4, 0.5) is 0 Å². The van der Waals surface area contributed by atoms with Crippen LogP contribution in [-0.2, 0) is 18.4 Å². The number of likely N-dealkylation sites (N-methyl/N-ethyl adjacent to an activating group) is 1. The summed E-state index contributed by atoms with van der Waals surface area (Å²) in [5.74, 6) is -0.213. The average molecular weight is 778 g/mol. The Kier molecular flexibility index (Phi) is 35.2. The van der Waals surface area contributed by atoms with Crippen LogP contribution in [0.15, 0.2) is 72.9 Å². The van der Waals surface area contributed by atoms with Crippen LogP contribution >= 0.6 is 7.82 Å². The maximum Gasteiger partial charge on any atom is 0.472 e. The van der Waals surface area contributed by atoms with Crippen LogP contribution in [0.25, 0.3) is 0 Å². The van der Waals surface area contributed by atoms with Crippen LogP contribution in [0.1, 0.15) is 155 Å². The van der Waals surface area contributed by atoms with Gasteiger partial charge in [0.2, 0.25) is 5.91 Å². The first-order valence-electron chi connectivity index (χ1n) is 21.3. The largest absolute Gasteiger partial charge is 0.472 e. The van der Waals surface area contributed by atoms with Crippen molar-refractivity contribution in [2.75, 3.05) is 40.9 Å². The van der Waals surface area contributed by atoms with Crippen molar-refractivity contribution in [1.82, 2.24) is 5.32 Å². The summed E-state index contributed by atoms with van der Waals surface area (Å²) in [5.41, 5.74) is 0. The zero-order chi connectivity index (χ0) is 40.0. The zero-order valence-corrected chi connectivity index (χ0v) is 36.1. The van der Waals surface area contributed by atoms with E-state index in [-0.39, 0.29) is 19.1 Å². The van der Waals surface area contributed by atoms with Crippen molar-refractivity contribution >= 4 is 13.7 Å². The minimum absolute atomic E-state index is 0.0463. The fourth-order valence-electron chi connectivity index (χ4n) is 5.50. The first-order valence-corrected chi connectivity index (χ1v) is 22.8. The lowest BCUT2D eigenvalue weighted by atomic mass is 10.1. The number of quaternary nitrogens is 1. The topological polar surface area (TPSA) is 105 Å². The molecule has 3 N–H and O–H groups in total. The number of unbranched alkanes of at least 4 members (excludes halogenated alkanes) is 14. The maximum atomic E-state index is 12.8. The lowest BCUT2D eigenvalue weighted by Gasteiger charge is -2.25. The summed E-state index contributed by atoms with van der Waals surface area (Å²) in [4.78, 5) is 23.1. The molecule has 0 aliphatic heterocycles. The maximum absolute atomic E-state index is 12.8. The van der Waals surface area contributed by atoms with Crippen molar-refractivity contribution in [2.24, 2.45) is 0 Å². The van der Waals surface area contributed by atoms with Crippen LogP contribution in [-0.4, -0.2) is 73.4 Å². The molecule has 0 aromatic rings. The lowest BCUT2D eigenvalue weighted by molar-refractivity contribution is -0.870. The van der Waals surface area contributed by atoms with E-state index in [1.807, 2.05) is 27.2 Å². The molecule has 0 fully saturated rings. The van der Waals surface area contributed by atoms with Gasteiger partial charge in [0.05, 0.1) is 39.9 Å². The number of aliphatic hydroxyl groups excluding tert-OH is 1. The zero-order valence-electron chi connectivity index (χ0n) is 35.2. The Labute approximate surface area is 332 Å². The fourth-order valence-corrected chi connectivity index (χ4v) is 6.23. The number of rotatable bonds is 37. The van der Waals surface area contributed by atoms with Gasteiger partial charge in [-0.2, -0.15) is 0 Å². The molecule has 0 aromatic carbocycles. The summed E-state index contributed by atoms with van der Waals surface area (Å²) in [5, 5.41) is 13.8. The van der Waals surface area contributed by atoms with Gasteiger partial charge in [0, 0.05) is 6.42 Å². The van der Waals surface area contributed by atoms with E-state index in [1.165, 1.54) is 51.4 Å². The molecule has 0 radical (unpaired) electrons. The van der Waals surface area contributed by atoms with E-state index in [9.17, 15) is 19.4 Å². The minimum Gasteiger partial charge on any atom is -0.387 e. The number of hydrogen-bond donors (Lipinski definition) is 3. The highest BCUT2D eigenvalue weighted by molar-refractivity contribution is 7.47. The van der Waals surface area contributed by atoms with Crippen LogP contribution in [0.5, 0.6) is 0 Å². The summed E-state index contributed by atoms with van der Waals surface area (Å²) in [6.45, 7) is 4.62. The highest BCUT2D eigenvalue weighted by atomic mass is 31.2. The first kappa shape index (κ1) is 51.9. The molecule has 0 spiro atoms. The molecule has 0 bridgehead atoms. The van der Waals surface area contributed by atoms with Crippen LogP contribution in [0.2, 0.25) is 0 Å². The number of phosphoric ester groups is 1. The third kappa shape index (κ3) is 38.2. The molecule has 3 atom stereocenters. The Balaban J connectivity index is 4.59. The van der Waals surface area contributed by atoms with Crippen molar-refractivity contribution in [3.8, 4) is 0 Å². The Morgan fingerprint density at radius 3 is 1.70 bits per heavy atom. The average Bonchev–Trinajstić information content (AvgIpc) is 3.12. The van der Waals surface area contributed by atoms with Gasteiger partial charge in [-0.3, -0.25) is 13.8 Å². The number of nitrogens with one attached hydrogen (secondary N) is 1. The molecular weight excluding hydrogens is 695 g/mol. The number of allylic oxidation sites excluding steroid dienone is 11. The molecule has 0 heterocycles. The summed E-state index contributed by atoms with van der Waals surface area (Å²) >= 11 is 0. The van der Waals surface area contributed by atoms with E-state index in [1.54, 1.807) is 6.08 Å². The number of hydrogen-bond acceptors (Lipinski definition) is 5. The predicted molar refractivity (Wildman–Crippen MR) is 230 cm³/mol. The summed E-state index contributed by atoms with van der Waals surface area (Å²) in [6, 6.07) is -0.881. The molecule has 1 amide bonds. The van der Waals surface area contributed by atoms with Crippen molar-refractivity contribution in [3.05, 3.63) is 72.9 Å². The first-order chi connectivity index (χ1) is 26.0. The van der Waals surface area contributed by atoms with Gasteiger partial charge in [0.15, 0.2) is 0 Å². The third-order valence-corrected chi connectivity index (χ3v) is 9.87. The van der Waals surface area contributed by atoms with Gasteiger partial charge in [-0.25, -0.2) is 4.57 Å². The Hall–Kier alpha value is -2.06. The number of amides is 1. The molecule has 0 rings (SSSR count). The molecule has 0 saturated carbocycles. The van der Waals surface area contributed by atoms with E-state index in [2.05, 4.69) is 79.9 Å². The smallest absolute Gasteiger partial charge is 0.387 e. The number of aliphatic hydroxyl groups is 1. The summed E-state index contributed by atoms with van der Waals surface area (Å²) in [7, 11) is 1.52. The summed E-state index contributed by atoms with van der Waals surface area (Å²) < 4.78 is 23.5. The standard InChI is InChI=1S/C45H81N2O6P/c1-6-8-10-12-14-16-18-20-22-23-25-26-28-30-32-34-36-38-44(48)43(42-53-54(50,51)52-41-40-47(3,4)5)46-45(49)39-37-35-33-31-29-27-24-21-19-17-15-13-11-9-7-2/h9,11,15,17,21-24,28,30,36,38,43-44,48H,6-8,10,12-14,16,18-20,25-27,29,31-35,37,39-42H2,1-5H3,(H-,46,49,50,51)/p+1/b11-9-,17-15-,23-22+,24-21-,30-28+,38-36+. The minimum atomic E-state index is -4.36. The SMILES string of the molecule is CC/C=C\C/C=C\C/C=C\CCCCCCCC(=O)NC(COP(=O)(O)OCC[N+](C)(C)C)C(O)/C=C/CC/C=C/CC/C=C/CCCCCCCCC. The van der Waals surface area contributed by atoms with Crippen molar-refractivity contribution < 1.29 is 32.9 Å². The van der Waals surface area contributed by atoms with Gasteiger partial charge in [0.1, 0.15) is 13.2 Å². The molecule has 0 saturated heterocycles. The highest BCUT2D eigenvalue weighted by Crippen LogP contribution is 2.43. The van der Waals surface area contributed by atoms with Crippen LogP contribution in [0, 0.1) is 0 Å². The van der Waals surface area contributed by atoms with Gasteiger partial charge in [-0.15, -0.1) is 0 Å². The predicted octanol–water partition coefficient (Wildman–Crippen LogP) is 11.6. The van der Waals surface area contributed by atoms with Gasteiger partial charge >= 0.3 is 7.82 Å². The van der Waals surface area contributed by atoms with Crippen LogP contribution < -0.4 is 5.32 Å². The van der Waals surface area contributed by atoms with E-state index < -0.39 is 20.0 Å². The van der Waals surface area contributed by atoms with Gasteiger partial charge in [-0.1, -0.05) is 145 Å². The van der Waals surface area contributed by atoms with Crippen molar-refractivity contribution in [1.29, 1.82) is 0 Å². The fraction of sp³-hybridized carbons (Fsp3) is 0.711. The van der Waals surface area contributed by atoms with E-state index in [0.717, 1.165) is 83.5 Å². The second-order valence-corrected chi connectivity index (χ2v) is 16.8. The highest BCUT2D eigenvalue weighted by Gasteiger charge is 2.27. The molecular formula is C45H82N2O6P+. The second kappa shape index (κ2) is 36.6. The van der Waals surface area contributed by atoms with Gasteiger partial charge in [0.25, 0.3) is 0 Å². The monoisotopic (exact) mass is 778 g/mol. The number of phosphoric acid groups is 1. The number of carbonyl (C=O) groups excluding carboxylic acids is 1.